The predicted octanol–water partition coefficient (Wildman–Crippen LogP) is 4.11. The largest absolute Gasteiger partial charge is 0.441 e. The Balaban J connectivity index is 2.23. The van der Waals surface area contributed by atoms with Crippen molar-refractivity contribution in [2.75, 3.05) is 17.6 Å². The Morgan fingerprint density at radius 3 is 2.33 bits per heavy atom. The molecular weight excluding hydrogens is 291 g/mol. The first kappa shape index (κ1) is 12.7. The van der Waals surface area contributed by atoms with E-state index in [2.05, 4.69) is 21.2 Å². The van der Waals surface area contributed by atoms with E-state index >= 15 is 0 Å². The van der Waals surface area contributed by atoms with Crippen LogP contribution in [-0.2, 0) is 0 Å². The number of benzene rings is 1. The lowest BCUT2D eigenvalue weighted by Crippen LogP contribution is -2.09. The van der Waals surface area contributed by atoms with Gasteiger partial charge in [0.15, 0.2) is 0 Å². The van der Waals surface area contributed by atoms with Crippen molar-refractivity contribution in [2.24, 2.45) is 0 Å². The van der Waals surface area contributed by atoms with Gasteiger partial charge < -0.3 is 5.32 Å². The molecule has 6 heteroatoms. The Morgan fingerprint density at radius 2 is 1.80 bits per heavy atom. The first-order valence-electron chi connectivity index (χ1n) is 4.17. The normalized spacial score (nSPS) is 11.5. The number of anilines is 1. The summed E-state index contributed by atoms with van der Waals surface area (Å²) in [5, 5.41) is 2.90. The Bertz CT molecular complexity index is 299. The molecule has 0 saturated heterocycles. The Kier molecular flexibility index (Phi) is 4.79. The average Bonchev–Trinajstić information content (AvgIpc) is 2.14. The van der Waals surface area contributed by atoms with E-state index in [0.717, 1.165) is 10.2 Å². The molecule has 1 aromatic carbocycles. The van der Waals surface area contributed by atoms with Crippen LogP contribution in [0.25, 0.3) is 0 Å². The highest BCUT2D eigenvalue weighted by molar-refractivity contribution is 9.10. The fraction of sp³-hybridized carbons (Fsp3) is 0.333. The molecule has 0 heterocycles. The van der Waals surface area contributed by atoms with Crippen LogP contribution in [0.5, 0.6) is 0 Å². The van der Waals surface area contributed by atoms with Crippen LogP contribution in [0.15, 0.2) is 28.7 Å². The lowest BCUT2D eigenvalue weighted by molar-refractivity contribution is -0.0327. The van der Waals surface area contributed by atoms with E-state index in [9.17, 15) is 13.2 Å². The summed E-state index contributed by atoms with van der Waals surface area (Å²) in [6, 6.07) is 7.28. The molecule has 1 aromatic rings. The van der Waals surface area contributed by atoms with Gasteiger partial charge in [0.25, 0.3) is 0 Å². The van der Waals surface area contributed by atoms with Crippen LogP contribution in [-0.4, -0.2) is 17.8 Å². The van der Waals surface area contributed by atoms with Gasteiger partial charge in [-0.3, -0.25) is 0 Å². The molecule has 1 rings (SSSR count). The average molecular weight is 300 g/mol. The molecule has 0 aliphatic carbocycles. The van der Waals surface area contributed by atoms with Gasteiger partial charge in [-0.2, -0.15) is 13.2 Å². The van der Waals surface area contributed by atoms with Crippen molar-refractivity contribution in [2.45, 2.75) is 5.51 Å². The molecular formula is C9H9BrF3NS. The van der Waals surface area contributed by atoms with Crippen molar-refractivity contribution in [3.8, 4) is 0 Å². The molecule has 0 aromatic heterocycles. The zero-order valence-electron chi connectivity index (χ0n) is 7.64. The highest BCUT2D eigenvalue weighted by Crippen LogP contribution is 2.29. The summed E-state index contributed by atoms with van der Waals surface area (Å²) in [5.74, 6) is 0.0135. The van der Waals surface area contributed by atoms with E-state index in [4.69, 9.17) is 0 Å². The molecule has 0 aliphatic rings. The second kappa shape index (κ2) is 5.65. The minimum atomic E-state index is -4.14. The SMILES string of the molecule is FC(F)(F)SCCNc1ccc(Br)cc1. The van der Waals surface area contributed by atoms with Crippen LogP contribution >= 0.6 is 27.7 Å². The molecule has 84 valence electrons. The number of thioether (sulfide) groups is 1. The standard InChI is InChI=1S/C9H9BrF3NS/c10-7-1-3-8(4-2-7)14-5-6-15-9(11,12)13/h1-4,14H,5-6H2. The maximum Gasteiger partial charge on any atom is 0.441 e. The quantitative estimate of drug-likeness (QED) is 0.840. The molecule has 1 nitrogen and oxygen atoms in total. The zero-order valence-corrected chi connectivity index (χ0v) is 10.0. The first-order chi connectivity index (χ1) is 6.97. The second-order valence-electron chi connectivity index (χ2n) is 2.73. The molecule has 0 atom stereocenters. The highest BCUT2D eigenvalue weighted by Gasteiger charge is 2.27. The molecule has 0 fully saturated rings. The number of halogens is 4. The van der Waals surface area contributed by atoms with Crippen molar-refractivity contribution in [1.29, 1.82) is 0 Å². The summed E-state index contributed by atoms with van der Waals surface area (Å²) >= 11 is 3.26. The van der Waals surface area contributed by atoms with Gasteiger partial charge in [0, 0.05) is 22.5 Å². The number of rotatable bonds is 4. The number of nitrogens with one attached hydrogen (secondary N) is 1. The summed E-state index contributed by atoms with van der Waals surface area (Å²) in [5.41, 5.74) is -3.32. The third-order valence-electron chi connectivity index (χ3n) is 1.54. The van der Waals surface area contributed by atoms with Crippen LogP contribution < -0.4 is 5.32 Å². The molecule has 0 aliphatic heterocycles. The fourth-order valence-electron chi connectivity index (χ4n) is 0.930. The van der Waals surface area contributed by atoms with E-state index in [1.165, 1.54) is 0 Å². The van der Waals surface area contributed by atoms with E-state index < -0.39 is 5.51 Å². The highest BCUT2D eigenvalue weighted by atomic mass is 79.9. The number of hydrogen-bond donors (Lipinski definition) is 1. The van der Waals surface area contributed by atoms with Gasteiger partial charge in [0.05, 0.1) is 0 Å². The Morgan fingerprint density at radius 1 is 1.20 bits per heavy atom. The van der Waals surface area contributed by atoms with Crippen molar-refractivity contribution in [3.63, 3.8) is 0 Å². The second-order valence-corrected chi connectivity index (χ2v) is 4.80. The van der Waals surface area contributed by atoms with Gasteiger partial charge in [0.2, 0.25) is 0 Å². The first-order valence-corrected chi connectivity index (χ1v) is 5.95. The number of hydrogen-bond acceptors (Lipinski definition) is 2. The summed E-state index contributed by atoms with van der Waals surface area (Å²) in [6.45, 7) is 0.297. The Labute approximate surface area is 98.6 Å². The van der Waals surface area contributed by atoms with E-state index in [0.29, 0.717) is 6.54 Å². The summed E-state index contributed by atoms with van der Waals surface area (Å²) in [6.07, 6.45) is 0. The molecule has 0 amide bonds. The van der Waals surface area contributed by atoms with Gasteiger partial charge in [-0.05, 0) is 36.0 Å². The molecule has 0 unspecified atom stereocenters. The maximum absolute atomic E-state index is 11.8. The van der Waals surface area contributed by atoms with E-state index in [1.54, 1.807) is 0 Å². The van der Waals surface area contributed by atoms with Crippen LogP contribution in [0.4, 0.5) is 18.9 Å². The van der Waals surface area contributed by atoms with Crippen LogP contribution in [0, 0.1) is 0 Å². The monoisotopic (exact) mass is 299 g/mol. The summed E-state index contributed by atoms with van der Waals surface area (Å²) in [4.78, 5) is 0. The van der Waals surface area contributed by atoms with Gasteiger partial charge >= 0.3 is 5.51 Å². The number of alkyl halides is 3. The Hall–Kier alpha value is -0.360. The van der Waals surface area contributed by atoms with Gasteiger partial charge in [-0.15, -0.1) is 0 Å². The minimum Gasteiger partial charge on any atom is -0.384 e. The molecule has 0 spiro atoms. The molecule has 0 radical (unpaired) electrons. The van der Waals surface area contributed by atoms with Crippen LogP contribution in [0.1, 0.15) is 0 Å². The summed E-state index contributed by atoms with van der Waals surface area (Å²) in [7, 11) is 0. The third-order valence-corrected chi connectivity index (χ3v) is 2.81. The van der Waals surface area contributed by atoms with Gasteiger partial charge in [-0.1, -0.05) is 15.9 Å². The van der Waals surface area contributed by atoms with Crippen LogP contribution in [0.2, 0.25) is 0 Å². The smallest absolute Gasteiger partial charge is 0.384 e. The predicted molar refractivity (Wildman–Crippen MR) is 61.1 cm³/mol. The minimum absolute atomic E-state index is 0.0135. The molecule has 0 saturated carbocycles. The van der Waals surface area contributed by atoms with Gasteiger partial charge in [0.1, 0.15) is 0 Å². The lowest BCUT2D eigenvalue weighted by atomic mass is 10.3. The molecule has 1 N–H and O–H groups in total. The van der Waals surface area contributed by atoms with Crippen molar-refractivity contribution in [3.05, 3.63) is 28.7 Å². The van der Waals surface area contributed by atoms with Crippen molar-refractivity contribution < 1.29 is 13.2 Å². The lowest BCUT2D eigenvalue weighted by Gasteiger charge is -2.07. The molecule has 0 bridgehead atoms. The third kappa shape index (κ3) is 5.94. The van der Waals surface area contributed by atoms with E-state index in [1.807, 2.05) is 24.3 Å². The zero-order chi connectivity index (χ0) is 11.3. The van der Waals surface area contributed by atoms with Gasteiger partial charge in [-0.25, -0.2) is 0 Å². The maximum atomic E-state index is 11.8. The van der Waals surface area contributed by atoms with Crippen LogP contribution in [0.3, 0.4) is 0 Å². The molecule has 15 heavy (non-hydrogen) atoms. The van der Waals surface area contributed by atoms with Crippen molar-refractivity contribution >= 4 is 33.4 Å². The summed E-state index contributed by atoms with van der Waals surface area (Å²) < 4.78 is 36.2. The fourth-order valence-corrected chi connectivity index (χ4v) is 1.63. The van der Waals surface area contributed by atoms with Crippen molar-refractivity contribution in [1.82, 2.24) is 0 Å². The van der Waals surface area contributed by atoms with E-state index in [-0.39, 0.29) is 17.5 Å². The topological polar surface area (TPSA) is 12.0 Å².